The van der Waals surface area contributed by atoms with Crippen molar-refractivity contribution in [3.8, 4) is 6.07 Å². The van der Waals surface area contributed by atoms with Crippen LogP contribution in [-0.2, 0) is 0 Å². The van der Waals surface area contributed by atoms with E-state index in [1.807, 2.05) is 0 Å². The molecule has 4 nitrogen and oxygen atoms in total. The summed E-state index contributed by atoms with van der Waals surface area (Å²) in [7, 11) is 0. The molecule has 0 aromatic heterocycles. The highest BCUT2D eigenvalue weighted by Crippen LogP contribution is 2.61. The molecule has 1 atom stereocenters. The number of hydrogen-bond acceptors (Lipinski definition) is 2. The Morgan fingerprint density at radius 3 is 2.03 bits per heavy atom. The van der Waals surface area contributed by atoms with Crippen LogP contribution in [0.5, 0.6) is 0 Å². The number of carbonyl (C=O) groups is 1. The quantitative estimate of drug-likeness (QED) is 0.394. The second-order valence-corrected chi connectivity index (χ2v) is 9.27. The van der Waals surface area contributed by atoms with E-state index in [1.54, 1.807) is 72.8 Å². The Hall–Kier alpha value is -3.14. The number of nitriles is 1. The Morgan fingerprint density at radius 2 is 1.48 bits per heavy atom. The van der Waals surface area contributed by atoms with E-state index < -0.39 is 36.4 Å². The van der Waals surface area contributed by atoms with E-state index in [-0.39, 0.29) is 0 Å². The minimum Gasteiger partial charge on any atom is -0.285 e. The van der Waals surface area contributed by atoms with Gasteiger partial charge in [-0.3, -0.25) is 9.80 Å². The fourth-order valence-electron chi connectivity index (χ4n) is 5.02. The third-order valence-corrected chi connectivity index (χ3v) is 6.76. The van der Waals surface area contributed by atoms with Gasteiger partial charge < -0.3 is 0 Å². The Labute approximate surface area is 199 Å². The molecule has 0 radical (unpaired) electrons. The predicted octanol–water partition coefficient (Wildman–Crippen LogP) is 7.22. The molecule has 3 aromatic rings. The van der Waals surface area contributed by atoms with E-state index in [0.29, 0.717) is 32.5 Å². The van der Waals surface area contributed by atoms with Gasteiger partial charge in [-0.15, -0.1) is 0 Å². The van der Waals surface area contributed by atoms with E-state index in [1.165, 1.54) is 9.80 Å². The molecule has 5 rings (SSSR count). The number of carbonyl (C=O) groups excluding carboxylic acids is 1. The molecule has 2 aliphatic rings. The second kappa shape index (κ2) is 7.72. The van der Waals surface area contributed by atoms with Crippen LogP contribution in [0.15, 0.2) is 72.8 Å². The molecule has 2 fully saturated rings. The maximum Gasteiger partial charge on any atom is 0.330 e. The van der Waals surface area contributed by atoms with Gasteiger partial charge in [0, 0.05) is 34.3 Å². The lowest BCUT2D eigenvalue weighted by Crippen LogP contribution is -2.62. The summed E-state index contributed by atoms with van der Waals surface area (Å²) >= 11 is 12.1. The van der Waals surface area contributed by atoms with Crippen LogP contribution in [0, 0.1) is 11.3 Å². The van der Waals surface area contributed by atoms with E-state index >= 15 is 0 Å². The fraction of sp³-hybridized carbons (Fsp3) is 0.200. The Bertz CT molecular complexity index is 1260. The van der Waals surface area contributed by atoms with Crippen molar-refractivity contribution in [3.63, 3.8) is 0 Å². The average molecular weight is 484 g/mol. The highest BCUT2D eigenvalue weighted by molar-refractivity contribution is 6.31. The molecule has 8 heteroatoms. The van der Waals surface area contributed by atoms with E-state index in [4.69, 9.17) is 23.2 Å². The average Bonchev–Trinajstić information content (AvgIpc) is 3.02. The van der Waals surface area contributed by atoms with Crippen LogP contribution < -0.4 is 9.80 Å². The largest absolute Gasteiger partial charge is 0.330 e. The third kappa shape index (κ3) is 3.52. The van der Waals surface area contributed by atoms with Crippen molar-refractivity contribution in [2.45, 2.75) is 30.3 Å². The number of amides is 2. The summed E-state index contributed by atoms with van der Waals surface area (Å²) in [5, 5.41) is 10.4. The summed E-state index contributed by atoms with van der Waals surface area (Å²) in [5.41, 5.74) is 0.814. The van der Waals surface area contributed by atoms with Crippen LogP contribution >= 0.6 is 23.2 Å². The summed E-state index contributed by atoms with van der Waals surface area (Å²) in [5.74, 6) is -2.91. The molecular formula is C25H17Cl2F2N3O. The molecular weight excluding hydrogens is 467 g/mol. The monoisotopic (exact) mass is 483 g/mol. The summed E-state index contributed by atoms with van der Waals surface area (Å²) in [6, 6.07) is 21.0. The minimum atomic E-state index is -2.91. The Morgan fingerprint density at radius 1 is 0.909 bits per heavy atom. The van der Waals surface area contributed by atoms with Gasteiger partial charge in [0.2, 0.25) is 0 Å². The molecule has 1 heterocycles. The normalized spacial score (nSPS) is 20.6. The lowest BCUT2D eigenvalue weighted by atomic mass is 9.66. The molecule has 1 aliphatic carbocycles. The van der Waals surface area contributed by atoms with Gasteiger partial charge >= 0.3 is 6.03 Å². The molecule has 1 aliphatic heterocycles. The van der Waals surface area contributed by atoms with Crippen LogP contribution in [0.25, 0.3) is 0 Å². The highest BCUT2D eigenvalue weighted by atomic mass is 35.5. The van der Waals surface area contributed by atoms with Crippen molar-refractivity contribution in [1.82, 2.24) is 0 Å². The zero-order valence-corrected chi connectivity index (χ0v) is 18.7. The summed E-state index contributed by atoms with van der Waals surface area (Å²) in [4.78, 5) is 16.9. The molecule has 3 aromatic carbocycles. The van der Waals surface area contributed by atoms with Crippen molar-refractivity contribution >= 4 is 40.6 Å². The summed E-state index contributed by atoms with van der Waals surface area (Å²) in [6.07, 6.45) is -1.00. The number of anilines is 2. The van der Waals surface area contributed by atoms with Gasteiger partial charge in [-0.05, 0) is 66.2 Å². The third-order valence-electron chi connectivity index (χ3n) is 6.26. The number of urea groups is 1. The van der Waals surface area contributed by atoms with Crippen LogP contribution in [0.1, 0.15) is 30.0 Å². The number of benzene rings is 3. The van der Waals surface area contributed by atoms with Gasteiger partial charge in [0.1, 0.15) is 0 Å². The van der Waals surface area contributed by atoms with Crippen molar-refractivity contribution in [1.29, 1.82) is 5.26 Å². The molecule has 1 saturated carbocycles. The van der Waals surface area contributed by atoms with Gasteiger partial charge in [-0.1, -0.05) is 35.3 Å². The van der Waals surface area contributed by atoms with Crippen molar-refractivity contribution < 1.29 is 13.6 Å². The van der Waals surface area contributed by atoms with E-state index in [0.717, 1.165) is 0 Å². The SMILES string of the molecule is N#Cc1cccc(C2N(c3ccc(Cl)cc3)C(=O)N(c3ccc(Cl)cc3)C23CC(F)(F)C3)c1. The number of rotatable bonds is 3. The first kappa shape index (κ1) is 21.7. The first-order valence-electron chi connectivity index (χ1n) is 10.3. The maximum absolute atomic E-state index is 14.5. The number of alkyl halides is 2. The zero-order valence-electron chi connectivity index (χ0n) is 17.2. The van der Waals surface area contributed by atoms with E-state index in [2.05, 4.69) is 6.07 Å². The fourth-order valence-corrected chi connectivity index (χ4v) is 5.28. The minimum absolute atomic E-state index is 0.391. The molecule has 2 amide bonds. The van der Waals surface area contributed by atoms with Gasteiger partial charge in [0.15, 0.2) is 0 Å². The van der Waals surface area contributed by atoms with Gasteiger partial charge in [-0.25, -0.2) is 13.6 Å². The highest BCUT2D eigenvalue weighted by Gasteiger charge is 2.70. The standard InChI is InChI=1S/C25H17Cl2F2N3O/c26-18-4-8-20(9-5-18)31-22(17-3-1-2-16(12-17)13-30)24(14-25(28,29)15-24)32(23(31)33)21-10-6-19(27)7-11-21/h1-12,22H,14-15H2. The topological polar surface area (TPSA) is 47.3 Å². The van der Waals surface area contributed by atoms with E-state index in [9.17, 15) is 18.8 Å². The number of halogens is 4. The smallest absolute Gasteiger partial charge is 0.285 e. The molecule has 0 N–H and O–H groups in total. The lowest BCUT2D eigenvalue weighted by Gasteiger charge is -2.52. The lowest BCUT2D eigenvalue weighted by molar-refractivity contribution is -0.124. The molecule has 0 bridgehead atoms. The van der Waals surface area contributed by atoms with Crippen molar-refractivity contribution in [2.75, 3.05) is 9.80 Å². The van der Waals surface area contributed by atoms with Crippen molar-refractivity contribution in [2.24, 2.45) is 0 Å². The molecule has 1 saturated heterocycles. The van der Waals surface area contributed by atoms with Crippen LogP contribution in [0.2, 0.25) is 10.0 Å². The summed E-state index contributed by atoms with van der Waals surface area (Å²) in [6.45, 7) is 0. The number of nitrogens with zero attached hydrogens (tertiary/aromatic N) is 3. The van der Waals surface area contributed by atoms with Gasteiger partial charge in [-0.2, -0.15) is 5.26 Å². The van der Waals surface area contributed by atoms with Gasteiger partial charge in [0.05, 0.1) is 23.2 Å². The summed E-state index contributed by atoms with van der Waals surface area (Å²) < 4.78 is 29.0. The first-order valence-corrected chi connectivity index (χ1v) is 11.0. The Balaban J connectivity index is 1.73. The van der Waals surface area contributed by atoms with Crippen LogP contribution in [0.3, 0.4) is 0 Å². The first-order chi connectivity index (χ1) is 15.7. The maximum atomic E-state index is 14.5. The van der Waals surface area contributed by atoms with Gasteiger partial charge in [0.25, 0.3) is 5.92 Å². The van der Waals surface area contributed by atoms with Crippen molar-refractivity contribution in [3.05, 3.63) is 94.0 Å². The predicted molar refractivity (Wildman–Crippen MR) is 124 cm³/mol. The Kier molecular flexibility index (Phi) is 5.08. The van der Waals surface area contributed by atoms with Crippen LogP contribution in [-0.4, -0.2) is 17.5 Å². The zero-order chi connectivity index (χ0) is 23.4. The number of hydrogen-bond donors (Lipinski definition) is 0. The molecule has 33 heavy (non-hydrogen) atoms. The second-order valence-electron chi connectivity index (χ2n) is 8.39. The van der Waals surface area contributed by atoms with Crippen LogP contribution in [0.4, 0.5) is 25.0 Å². The molecule has 1 unspecified atom stereocenters. The molecule has 166 valence electrons. The molecule has 1 spiro atoms.